The third-order valence-corrected chi connectivity index (χ3v) is 3.29. The highest BCUT2D eigenvalue weighted by atomic mass is 16.1. The molecule has 0 spiro atoms. The van der Waals surface area contributed by atoms with Gasteiger partial charge in [0.2, 0.25) is 0 Å². The van der Waals surface area contributed by atoms with E-state index in [-0.39, 0.29) is 18.2 Å². The molecule has 0 heterocycles. The molecule has 1 fully saturated rings. The first-order chi connectivity index (χ1) is 8.15. The highest BCUT2D eigenvalue weighted by molar-refractivity contribution is 6.31. The van der Waals surface area contributed by atoms with Crippen LogP contribution in [0.4, 0.5) is 0 Å². The van der Waals surface area contributed by atoms with Crippen LogP contribution < -0.4 is 5.84 Å². The van der Waals surface area contributed by atoms with E-state index < -0.39 is 0 Å². The molecule has 0 amide bonds. The normalized spacial score (nSPS) is 19.1. The zero-order valence-electron chi connectivity index (χ0n) is 10.9. The number of hydrazone groups is 1. The monoisotopic (exact) mass is 237 g/mol. The lowest BCUT2D eigenvalue weighted by Gasteiger charge is -2.20. The molecule has 0 aliphatic heterocycles. The highest BCUT2D eigenvalue weighted by Crippen LogP contribution is 2.24. The van der Waals surface area contributed by atoms with E-state index in [0.717, 1.165) is 18.6 Å². The maximum Gasteiger partial charge on any atom is 0.156 e. The number of carbonyl (C=O) groups is 1. The van der Waals surface area contributed by atoms with Crippen molar-refractivity contribution in [3.05, 3.63) is 0 Å². The molecule has 0 aromatic carbocycles. The van der Waals surface area contributed by atoms with Crippen molar-refractivity contribution < 1.29 is 4.79 Å². The van der Waals surface area contributed by atoms with Crippen LogP contribution in [-0.4, -0.2) is 24.3 Å². The zero-order valence-corrected chi connectivity index (χ0v) is 10.9. The van der Waals surface area contributed by atoms with Crippen molar-refractivity contribution in [3.8, 4) is 0 Å². The molecule has 1 saturated carbocycles. The average Bonchev–Trinajstić information content (AvgIpc) is 2.35. The van der Waals surface area contributed by atoms with Crippen LogP contribution in [-0.2, 0) is 4.79 Å². The maximum absolute atomic E-state index is 11.4. The molecule has 2 N–H and O–H groups in total. The number of nitrogens with two attached hydrogens (primary N) is 1. The van der Waals surface area contributed by atoms with Crippen molar-refractivity contribution in [1.82, 2.24) is 0 Å². The van der Waals surface area contributed by atoms with E-state index in [9.17, 15) is 4.79 Å². The van der Waals surface area contributed by atoms with E-state index in [1.807, 2.05) is 13.8 Å². The van der Waals surface area contributed by atoms with Gasteiger partial charge in [0.25, 0.3) is 0 Å². The summed E-state index contributed by atoms with van der Waals surface area (Å²) < 4.78 is 0. The van der Waals surface area contributed by atoms with Gasteiger partial charge >= 0.3 is 0 Å². The quantitative estimate of drug-likeness (QED) is 0.452. The fourth-order valence-corrected chi connectivity index (χ4v) is 2.05. The Hall–Kier alpha value is -1.19. The topological polar surface area (TPSA) is 67.8 Å². The van der Waals surface area contributed by atoms with Gasteiger partial charge in [0.05, 0.1) is 12.3 Å². The summed E-state index contributed by atoms with van der Waals surface area (Å²) in [6.07, 6.45) is 7.75. The molecule has 17 heavy (non-hydrogen) atoms. The number of hydrogen-bond acceptors (Lipinski definition) is 4. The molecule has 1 aliphatic carbocycles. The Morgan fingerprint density at radius 3 is 2.53 bits per heavy atom. The fourth-order valence-electron chi connectivity index (χ4n) is 2.05. The Morgan fingerprint density at radius 1 is 1.35 bits per heavy atom. The molecular weight excluding hydrogens is 214 g/mol. The van der Waals surface area contributed by atoms with Crippen LogP contribution in [0.3, 0.4) is 0 Å². The summed E-state index contributed by atoms with van der Waals surface area (Å²) in [4.78, 5) is 15.6. The second-order valence-corrected chi connectivity index (χ2v) is 4.98. The summed E-state index contributed by atoms with van der Waals surface area (Å²) in [5.41, 5.74) is 0.848. The fraction of sp³-hybridized carbons (Fsp3) is 0.769. The third-order valence-electron chi connectivity index (χ3n) is 3.29. The minimum absolute atomic E-state index is 0.0418. The first-order valence-electron chi connectivity index (χ1n) is 6.45. The van der Waals surface area contributed by atoms with Crippen LogP contribution in [0.2, 0.25) is 0 Å². The molecule has 0 atom stereocenters. The molecular formula is C13H23N3O. The molecule has 0 unspecified atom stereocenters. The molecule has 0 aromatic rings. The number of Topliss-reactive ketones (excluding diaryl/α,β-unsaturated/α-hetero) is 1. The van der Waals surface area contributed by atoms with Gasteiger partial charge in [-0.15, -0.1) is 0 Å². The lowest BCUT2D eigenvalue weighted by atomic mass is 9.86. The number of ketones is 1. The van der Waals surface area contributed by atoms with Crippen LogP contribution in [0, 0.1) is 11.8 Å². The molecule has 0 aromatic heterocycles. The van der Waals surface area contributed by atoms with E-state index in [1.165, 1.54) is 19.3 Å². The SMILES string of the molecule is CC(C)C(=O)CN=C/C(=N\N)C1CCCCC1. The first-order valence-corrected chi connectivity index (χ1v) is 6.45. The predicted molar refractivity (Wildman–Crippen MR) is 71.4 cm³/mol. The summed E-state index contributed by atoms with van der Waals surface area (Å²) in [6.45, 7) is 4.01. The van der Waals surface area contributed by atoms with Gasteiger partial charge in [-0.25, -0.2) is 0 Å². The Balaban J connectivity index is 2.46. The average molecular weight is 237 g/mol. The van der Waals surface area contributed by atoms with E-state index in [0.29, 0.717) is 5.92 Å². The molecule has 4 nitrogen and oxygen atoms in total. The van der Waals surface area contributed by atoms with Gasteiger partial charge in [-0.3, -0.25) is 9.79 Å². The summed E-state index contributed by atoms with van der Waals surface area (Å²) in [6, 6.07) is 0. The largest absolute Gasteiger partial charge is 0.323 e. The smallest absolute Gasteiger partial charge is 0.156 e. The van der Waals surface area contributed by atoms with E-state index in [2.05, 4.69) is 10.1 Å². The van der Waals surface area contributed by atoms with Crippen molar-refractivity contribution in [3.63, 3.8) is 0 Å². The number of carbonyl (C=O) groups excluding carboxylic acids is 1. The molecule has 0 bridgehead atoms. The summed E-state index contributed by atoms with van der Waals surface area (Å²) in [5, 5.41) is 3.81. The van der Waals surface area contributed by atoms with Crippen molar-refractivity contribution in [1.29, 1.82) is 0 Å². The third kappa shape index (κ3) is 4.67. The lowest BCUT2D eigenvalue weighted by molar-refractivity contribution is -0.120. The van der Waals surface area contributed by atoms with Gasteiger partial charge in [0.15, 0.2) is 5.78 Å². The molecule has 0 radical (unpaired) electrons. The molecule has 1 aliphatic rings. The van der Waals surface area contributed by atoms with Gasteiger partial charge in [-0.1, -0.05) is 33.1 Å². The van der Waals surface area contributed by atoms with E-state index in [4.69, 9.17) is 5.84 Å². The van der Waals surface area contributed by atoms with Gasteiger partial charge < -0.3 is 5.84 Å². The van der Waals surface area contributed by atoms with Crippen molar-refractivity contribution in [2.45, 2.75) is 46.0 Å². The van der Waals surface area contributed by atoms with E-state index >= 15 is 0 Å². The summed E-state index contributed by atoms with van der Waals surface area (Å²) in [7, 11) is 0. The maximum atomic E-state index is 11.4. The predicted octanol–water partition coefficient (Wildman–Crippen LogP) is 2.18. The Bertz CT molecular complexity index is 302. The Morgan fingerprint density at radius 2 is 2.00 bits per heavy atom. The lowest BCUT2D eigenvalue weighted by Crippen LogP contribution is -2.21. The number of hydrogen-bond donors (Lipinski definition) is 1. The first kappa shape index (κ1) is 13.9. The second-order valence-electron chi connectivity index (χ2n) is 4.98. The van der Waals surface area contributed by atoms with Crippen LogP contribution >= 0.6 is 0 Å². The zero-order chi connectivity index (χ0) is 12.7. The molecule has 0 saturated heterocycles. The van der Waals surface area contributed by atoms with Crippen LogP contribution in [0.1, 0.15) is 46.0 Å². The molecule has 1 rings (SSSR count). The summed E-state index contributed by atoms with van der Waals surface area (Å²) in [5.74, 6) is 6.02. The highest BCUT2D eigenvalue weighted by Gasteiger charge is 2.17. The minimum Gasteiger partial charge on any atom is -0.323 e. The van der Waals surface area contributed by atoms with Gasteiger partial charge in [0.1, 0.15) is 0 Å². The van der Waals surface area contributed by atoms with Crippen LogP contribution in [0.15, 0.2) is 10.1 Å². The number of nitrogens with zero attached hydrogens (tertiary/aromatic N) is 2. The number of rotatable bonds is 5. The summed E-state index contributed by atoms with van der Waals surface area (Å²) >= 11 is 0. The minimum atomic E-state index is 0.0418. The van der Waals surface area contributed by atoms with Crippen molar-refractivity contribution in [2.24, 2.45) is 27.8 Å². The van der Waals surface area contributed by atoms with Crippen molar-refractivity contribution >= 4 is 17.7 Å². The van der Waals surface area contributed by atoms with Crippen LogP contribution in [0.25, 0.3) is 0 Å². The van der Waals surface area contributed by atoms with Gasteiger partial charge in [-0.05, 0) is 12.8 Å². The number of aliphatic imine (C=N–C) groups is 1. The molecule has 96 valence electrons. The van der Waals surface area contributed by atoms with Crippen molar-refractivity contribution in [2.75, 3.05) is 6.54 Å². The van der Waals surface area contributed by atoms with Gasteiger partial charge in [-0.2, -0.15) is 5.10 Å². The Labute approximate surface area is 103 Å². The molecule has 4 heteroatoms. The second kappa shape index (κ2) is 7.20. The van der Waals surface area contributed by atoms with Crippen LogP contribution in [0.5, 0.6) is 0 Å². The van der Waals surface area contributed by atoms with E-state index in [1.54, 1.807) is 6.21 Å². The van der Waals surface area contributed by atoms with Gasteiger partial charge in [0, 0.05) is 18.1 Å². The standard InChI is InChI=1S/C13H23N3O/c1-10(2)13(17)9-15-8-12(16-14)11-6-4-3-5-7-11/h8,10-11H,3-7,9,14H2,1-2H3/b15-8?,16-12+. The Kier molecular flexibility index (Phi) is 5.87.